The van der Waals surface area contributed by atoms with Gasteiger partial charge in [-0.1, -0.05) is 73.5 Å². The summed E-state index contributed by atoms with van der Waals surface area (Å²) in [5.74, 6) is 0.645. The van der Waals surface area contributed by atoms with Crippen LogP contribution < -0.4 is 14.5 Å². The Balaban J connectivity index is 0.00000325. The summed E-state index contributed by atoms with van der Waals surface area (Å²) in [5, 5.41) is 4.21. The summed E-state index contributed by atoms with van der Waals surface area (Å²) < 4.78 is 10.1. The fourth-order valence-electron chi connectivity index (χ4n) is 5.63. The molecule has 0 aliphatic carbocycles. The number of nitrogens with zero attached hydrogens (tertiary/aromatic N) is 3. The second-order valence-corrected chi connectivity index (χ2v) is 14.0. The molecule has 8 rings (SSSR count). The molecule has 0 unspecified atom stereocenters. The second kappa shape index (κ2) is 11.8. The molecule has 4 nitrogen and oxygen atoms in total. The number of hydrogen-bond donors (Lipinski definition) is 0. The maximum Gasteiger partial charge on any atom is 0.107 e. The molecule has 45 heavy (non-hydrogen) atoms. The largest absolute Gasteiger partial charge is 0.500 e. The number of anilines is 2. The maximum absolute atomic E-state index is 6.45. The number of aromatic nitrogens is 1. The minimum absolute atomic E-state index is 0. The normalized spacial score (nSPS) is 13.2. The zero-order valence-corrected chi connectivity index (χ0v) is 28.8. The summed E-state index contributed by atoms with van der Waals surface area (Å²) in [6.45, 7) is 8.76. The predicted molar refractivity (Wildman–Crippen MR) is 186 cm³/mol. The fraction of sp³-hybridized carbons (Fsp3) is 0.105. The van der Waals surface area contributed by atoms with Crippen LogP contribution in [0.2, 0.25) is 0 Å². The van der Waals surface area contributed by atoms with E-state index in [1.54, 1.807) is 11.3 Å². The van der Waals surface area contributed by atoms with E-state index in [1.165, 1.54) is 25.7 Å². The first-order valence-corrected chi connectivity index (χ1v) is 16.2. The summed E-state index contributed by atoms with van der Waals surface area (Å²) >= 11 is 3.43. The minimum Gasteiger partial charge on any atom is -0.500 e. The number of hydrogen-bond acceptors (Lipinski definition) is 6. The van der Waals surface area contributed by atoms with Crippen LogP contribution in [0.4, 0.5) is 11.4 Å². The van der Waals surface area contributed by atoms with Crippen molar-refractivity contribution in [3.8, 4) is 22.1 Å². The monoisotopic (exact) mass is 801 g/mol. The van der Waals surface area contributed by atoms with Crippen LogP contribution in [-0.4, -0.2) is 4.98 Å². The van der Waals surface area contributed by atoms with Crippen molar-refractivity contribution in [3.05, 3.63) is 134 Å². The molecule has 7 heteroatoms. The zero-order valence-electron chi connectivity index (χ0n) is 24.9. The van der Waals surface area contributed by atoms with Gasteiger partial charge in [0.05, 0.1) is 0 Å². The maximum atomic E-state index is 6.45. The van der Waals surface area contributed by atoms with Crippen molar-refractivity contribution in [2.45, 2.75) is 26.2 Å². The molecule has 0 saturated heterocycles. The van der Waals surface area contributed by atoms with Crippen LogP contribution in [-0.2, 0) is 26.5 Å². The summed E-state index contributed by atoms with van der Waals surface area (Å²) in [5.41, 5.74) is 5.34. The Morgan fingerprint density at radius 3 is 2.42 bits per heavy atom. The molecule has 3 aromatic heterocycles. The molecule has 0 amide bonds. The first-order valence-electron chi connectivity index (χ1n) is 14.5. The third-order valence-electron chi connectivity index (χ3n) is 7.87. The van der Waals surface area contributed by atoms with E-state index in [1.807, 2.05) is 77.9 Å². The van der Waals surface area contributed by atoms with E-state index in [0.29, 0.717) is 10.8 Å². The number of rotatable bonds is 5. The summed E-state index contributed by atoms with van der Waals surface area (Å²) in [7, 11) is 0. The first kappa shape index (κ1) is 29.7. The fourth-order valence-corrected chi connectivity index (χ4v) is 7.77. The molecule has 0 N–H and O–H groups in total. The van der Waals surface area contributed by atoms with Gasteiger partial charge in [-0.2, -0.15) is 22.8 Å². The number of thiophene rings is 2. The molecule has 7 aromatic rings. The topological polar surface area (TPSA) is 28.6 Å². The van der Waals surface area contributed by atoms with Crippen LogP contribution in [0.1, 0.15) is 26.3 Å². The van der Waals surface area contributed by atoms with Crippen LogP contribution >= 0.6 is 22.7 Å². The summed E-state index contributed by atoms with van der Waals surface area (Å²) in [6, 6.07) is 38.6. The van der Waals surface area contributed by atoms with Crippen LogP contribution in [0, 0.1) is 18.8 Å². The van der Waals surface area contributed by atoms with Gasteiger partial charge in [-0.3, -0.25) is 4.98 Å². The van der Waals surface area contributed by atoms with Crippen LogP contribution in [0.3, 0.4) is 0 Å². The van der Waals surface area contributed by atoms with E-state index >= 15 is 0 Å². The van der Waals surface area contributed by atoms with Crippen molar-refractivity contribution in [2.75, 3.05) is 9.80 Å². The number of ether oxygens (including phenoxy) is 1. The van der Waals surface area contributed by atoms with Crippen LogP contribution in [0.5, 0.6) is 10.8 Å². The van der Waals surface area contributed by atoms with Gasteiger partial charge in [0.25, 0.3) is 0 Å². The van der Waals surface area contributed by atoms with E-state index in [-0.39, 0.29) is 26.5 Å². The molecule has 1 aliphatic heterocycles. The van der Waals surface area contributed by atoms with E-state index in [0.717, 1.165) is 32.7 Å². The van der Waals surface area contributed by atoms with Crippen molar-refractivity contribution < 1.29 is 25.8 Å². The Hall–Kier alpha value is -3.96. The van der Waals surface area contributed by atoms with Crippen molar-refractivity contribution in [2.24, 2.45) is 0 Å². The Kier molecular flexibility index (Phi) is 7.77. The van der Waals surface area contributed by atoms with Gasteiger partial charge in [0.15, 0.2) is 0 Å². The number of fused-ring (bicyclic) bond motifs is 4. The summed E-state index contributed by atoms with van der Waals surface area (Å²) in [6.07, 6.45) is 5.99. The third-order valence-corrected chi connectivity index (χ3v) is 9.90. The number of benzene rings is 4. The van der Waals surface area contributed by atoms with Crippen molar-refractivity contribution in [3.63, 3.8) is 0 Å². The molecule has 0 saturated carbocycles. The van der Waals surface area contributed by atoms with Gasteiger partial charge >= 0.3 is 0 Å². The van der Waals surface area contributed by atoms with Gasteiger partial charge < -0.3 is 14.5 Å². The predicted octanol–water partition coefficient (Wildman–Crippen LogP) is 10.9. The second-order valence-electron chi connectivity index (χ2n) is 11.9. The molecule has 0 bridgehead atoms. The van der Waals surface area contributed by atoms with Gasteiger partial charge in [-0.25, -0.2) is 0 Å². The first-order chi connectivity index (χ1) is 21.4. The molecular formula is C38H28N3OPtS2-3. The van der Waals surface area contributed by atoms with Gasteiger partial charge in [0, 0.05) is 53.8 Å². The molecule has 0 spiro atoms. The Labute approximate surface area is 285 Å². The standard InChI is InChI=1S/C38H28N3OS2.Pt/c1-38(2,3)25-16-17-39-31(20-25)36-30-22-35(44-33(30)23-34-37(36)29-14-7-8-15-32(29)43-34)42-28-13-9-12-27(21-28)41-19-18-40(24-41)26-10-5-4-6-11-26;/h4-20,23-24H,1-3H3;/q-3;. The molecule has 1 aliphatic rings. The van der Waals surface area contributed by atoms with Crippen molar-refractivity contribution in [1.29, 1.82) is 0 Å². The molecule has 4 aromatic carbocycles. The number of pyridine rings is 1. The SMILES string of the molecule is CC(C)(C)c1ccnc(-c2c3[c-]c(Oc4[c-]c(N5C=CN(c6ccccc6)[CH-]5)ccc4)sc3cc3sc4ccccc4c23)c1.[Pt]. The van der Waals surface area contributed by atoms with E-state index in [2.05, 4.69) is 92.4 Å². The van der Waals surface area contributed by atoms with Gasteiger partial charge in [0.1, 0.15) is 5.06 Å². The third kappa shape index (κ3) is 5.56. The van der Waals surface area contributed by atoms with Crippen LogP contribution in [0.25, 0.3) is 41.5 Å². The molecule has 0 fully saturated rings. The summed E-state index contributed by atoms with van der Waals surface area (Å²) in [4.78, 5) is 9.04. The zero-order chi connectivity index (χ0) is 29.8. The van der Waals surface area contributed by atoms with Crippen molar-refractivity contribution >= 4 is 64.3 Å². The Morgan fingerprint density at radius 2 is 1.58 bits per heavy atom. The molecule has 0 atom stereocenters. The molecule has 4 heterocycles. The van der Waals surface area contributed by atoms with E-state index in [4.69, 9.17) is 9.72 Å². The van der Waals surface area contributed by atoms with E-state index < -0.39 is 0 Å². The van der Waals surface area contributed by atoms with Gasteiger partial charge in [0.2, 0.25) is 0 Å². The van der Waals surface area contributed by atoms with E-state index in [9.17, 15) is 0 Å². The van der Waals surface area contributed by atoms with Crippen LogP contribution in [0.15, 0.2) is 110 Å². The Morgan fingerprint density at radius 1 is 0.778 bits per heavy atom. The Bertz CT molecular complexity index is 2200. The van der Waals surface area contributed by atoms with Crippen molar-refractivity contribution in [1.82, 2.24) is 4.98 Å². The average Bonchev–Trinajstić information content (AvgIpc) is 3.77. The molecular weight excluding hydrogens is 774 g/mol. The molecule has 226 valence electrons. The smallest absolute Gasteiger partial charge is 0.107 e. The minimum atomic E-state index is 0. The number of para-hydroxylation sites is 1. The quantitative estimate of drug-likeness (QED) is 0.162. The van der Waals surface area contributed by atoms with Gasteiger partial charge in [-0.15, -0.1) is 48.0 Å². The molecule has 0 radical (unpaired) electrons. The van der Waals surface area contributed by atoms with Gasteiger partial charge in [-0.05, 0) is 64.5 Å². The average molecular weight is 802 g/mol.